The summed E-state index contributed by atoms with van der Waals surface area (Å²) in [4.78, 5) is 28.2. The third-order valence-corrected chi connectivity index (χ3v) is 3.70. The van der Waals surface area contributed by atoms with Gasteiger partial charge in [-0.1, -0.05) is 60.7 Å². The molecular weight excluding hydrogens is 318 g/mol. The molecule has 0 aliphatic carbocycles. The Hall–Kier alpha value is -3.41. The lowest BCUT2D eigenvalue weighted by Gasteiger charge is -2.13. The Kier molecular flexibility index (Phi) is 4.89. The number of nitrogens with zero attached hydrogens (tertiary/aromatic N) is 2. The van der Waals surface area contributed by atoms with E-state index in [0.717, 1.165) is 5.56 Å². The molecular formula is C19H17N3O3. The normalized spacial score (nSPS) is 10.4. The van der Waals surface area contributed by atoms with Crippen LogP contribution in [0.5, 0.6) is 0 Å². The van der Waals surface area contributed by atoms with Gasteiger partial charge in [-0.05, 0) is 5.56 Å². The second-order valence-corrected chi connectivity index (χ2v) is 5.49. The van der Waals surface area contributed by atoms with Gasteiger partial charge in [-0.3, -0.25) is 14.2 Å². The average Bonchev–Trinajstić information content (AvgIpc) is 2.63. The molecule has 0 saturated heterocycles. The number of benzene rings is 2. The van der Waals surface area contributed by atoms with Crippen molar-refractivity contribution in [2.45, 2.75) is 13.1 Å². The lowest BCUT2D eigenvalue weighted by Crippen LogP contribution is -2.28. The highest BCUT2D eigenvalue weighted by Gasteiger charge is 2.14. The average molecular weight is 335 g/mol. The number of aromatic nitrogens is 2. The first kappa shape index (κ1) is 16.4. The Morgan fingerprint density at radius 1 is 1.04 bits per heavy atom. The minimum absolute atomic E-state index is 0.268. The van der Waals surface area contributed by atoms with E-state index in [-0.39, 0.29) is 5.69 Å². The minimum Gasteiger partial charge on any atom is -0.480 e. The largest absolute Gasteiger partial charge is 0.480 e. The van der Waals surface area contributed by atoms with Gasteiger partial charge in [0, 0.05) is 12.1 Å². The number of anilines is 1. The summed E-state index contributed by atoms with van der Waals surface area (Å²) in [5, 5.41) is 12.2. The van der Waals surface area contributed by atoms with Gasteiger partial charge in [0.2, 0.25) is 0 Å². The van der Waals surface area contributed by atoms with Crippen LogP contribution in [0.1, 0.15) is 5.56 Å². The summed E-state index contributed by atoms with van der Waals surface area (Å²) in [6, 6.07) is 18.7. The second kappa shape index (κ2) is 7.44. The van der Waals surface area contributed by atoms with Crippen molar-refractivity contribution in [2.24, 2.45) is 0 Å². The smallest absolute Gasteiger partial charge is 0.323 e. The van der Waals surface area contributed by atoms with Crippen molar-refractivity contribution in [1.82, 2.24) is 9.55 Å². The summed E-state index contributed by atoms with van der Waals surface area (Å²) in [7, 11) is 0. The van der Waals surface area contributed by atoms with Crippen LogP contribution >= 0.6 is 0 Å². The quantitative estimate of drug-likeness (QED) is 0.723. The van der Waals surface area contributed by atoms with Crippen LogP contribution in [0.4, 0.5) is 5.69 Å². The second-order valence-electron chi connectivity index (χ2n) is 5.49. The maximum absolute atomic E-state index is 12.7. The number of carbonyl (C=O) groups is 1. The topological polar surface area (TPSA) is 84.2 Å². The van der Waals surface area contributed by atoms with Gasteiger partial charge >= 0.3 is 5.97 Å². The third kappa shape index (κ3) is 3.92. The zero-order chi connectivity index (χ0) is 17.6. The van der Waals surface area contributed by atoms with Crippen LogP contribution < -0.4 is 10.9 Å². The van der Waals surface area contributed by atoms with E-state index in [4.69, 9.17) is 5.11 Å². The number of hydrogen-bond donors (Lipinski definition) is 2. The molecule has 3 aromatic rings. The minimum atomic E-state index is -1.10. The van der Waals surface area contributed by atoms with Gasteiger partial charge in [0.25, 0.3) is 5.56 Å². The Labute approximate surface area is 144 Å². The number of hydrogen-bond acceptors (Lipinski definition) is 4. The maximum atomic E-state index is 12.7. The van der Waals surface area contributed by atoms with E-state index in [2.05, 4.69) is 10.3 Å². The molecule has 3 rings (SSSR count). The van der Waals surface area contributed by atoms with Gasteiger partial charge in [0.15, 0.2) is 0 Å². The van der Waals surface area contributed by atoms with Crippen molar-refractivity contribution in [2.75, 3.05) is 5.32 Å². The molecule has 0 radical (unpaired) electrons. The number of nitrogens with one attached hydrogen (secondary N) is 1. The first-order valence-corrected chi connectivity index (χ1v) is 7.80. The van der Waals surface area contributed by atoms with E-state index in [1.165, 1.54) is 10.8 Å². The van der Waals surface area contributed by atoms with Crippen LogP contribution in [0.3, 0.4) is 0 Å². The Morgan fingerprint density at radius 2 is 1.68 bits per heavy atom. The molecule has 0 unspecified atom stereocenters. The summed E-state index contributed by atoms with van der Waals surface area (Å²) in [6.45, 7) is 0.00638. The summed E-state index contributed by atoms with van der Waals surface area (Å²) in [5.41, 5.74) is 1.56. The molecule has 0 aliphatic rings. The van der Waals surface area contributed by atoms with Gasteiger partial charge in [0.1, 0.15) is 18.1 Å². The monoisotopic (exact) mass is 335 g/mol. The first-order valence-electron chi connectivity index (χ1n) is 7.80. The molecule has 0 aliphatic heterocycles. The van der Waals surface area contributed by atoms with Crippen LogP contribution in [0.25, 0.3) is 11.4 Å². The fourth-order valence-corrected chi connectivity index (χ4v) is 2.51. The van der Waals surface area contributed by atoms with Crippen molar-refractivity contribution in [1.29, 1.82) is 0 Å². The van der Waals surface area contributed by atoms with Crippen molar-refractivity contribution in [3.05, 3.63) is 82.8 Å². The van der Waals surface area contributed by atoms with Gasteiger partial charge in [-0.15, -0.1) is 0 Å². The van der Waals surface area contributed by atoms with Crippen LogP contribution in [0.2, 0.25) is 0 Å². The molecule has 6 nitrogen and oxygen atoms in total. The van der Waals surface area contributed by atoms with Crippen LogP contribution in [0, 0.1) is 0 Å². The predicted molar refractivity (Wildman–Crippen MR) is 95.3 cm³/mol. The van der Waals surface area contributed by atoms with Crippen molar-refractivity contribution in [3.8, 4) is 11.4 Å². The van der Waals surface area contributed by atoms with Crippen molar-refractivity contribution < 1.29 is 9.90 Å². The summed E-state index contributed by atoms with van der Waals surface area (Å²) >= 11 is 0. The fraction of sp³-hybridized carbons (Fsp3) is 0.105. The summed E-state index contributed by atoms with van der Waals surface area (Å²) < 4.78 is 1.17. The van der Waals surface area contributed by atoms with Crippen LogP contribution in [0.15, 0.2) is 71.7 Å². The zero-order valence-corrected chi connectivity index (χ0v) is 13.4. The van der Waals surface area contributed by atoms with Gasteiger partial charge in [0.05, 0.1) is 6.20 Å². The van der Waals surface area contributed by atoms with Crippen molar-refractivity contribution in [3.63, 3.8) is 0 Å². The maximum Gasteiger partial charge on any atom is 0.323 e. The first-order chi connectivity index (χ1) is 12.1. The van der Waals surface area contributed by atoms with Crippen molar-refractivity contribution >= 4 is 11.7 Å². The molecule has 0 atom stereocenters. The van der Waals surface area contributed by atoms with E-state index < -0.39 is 18.1 Å². The number of carboxylic acid groups (broad SMARTS) is 1. The Balaban J connectivity index is 1.96. The number of aliphatic carboxylic acids is 1. The number of carboxylic acids is 1. The van der Waals surface area contributed by atoms with Crippen LogP contribution in [-0.4, -0.2) is 20.6 Å². The van der Waals surface area contributed by atoms with E-state index in [9.17, 15) is 9.59 Å². The molecule has 0 fully saturated rings. The molecule has 0 bridgehead atoms. The zero-order valence-electron chi connectivity index (χ0n) is 13.4. The van der Waals surface area contributed by atoms with E-state index >= 15 is 0 Å². The van der Waals surface area contributed by atoms with E-state index in [1.807, 2.05) is 48.5 Å². The molecule has 6 heteroatoms. The lowest BCUT2D eigenvalue weighted by atomic mass is 10.2. The SMILES string of the molecule is O=C(O)Cn1c(-c2ccccc2)ncc(NCc2ccccc2)c1=O. The predicted octanol–water partition coefficient (Wildman–Crippen LogP) is 2.61. The molecule has 2 aromatic carbocycles. The van der Waals surface area contributed by atoms with E-state index in [1.54, 1.807) is 12.1 Å². The molecule has 1 aromatic heterocycles. The molecule has 0 amide bonds. The Morgan fingerprint density at radius 3 is 2.32 bits per heavy atom. The van der Waals surface area contributed by atoms with Gasteiger partial charge in [-0.25, -0.2) is 4.98 Å². The highest BCUT2D eigenvalue weighted by atomic mass is 16.4. The highest BCUT2D eigenvalue weighted by molar-refractivity contribution is 5.68. The molecule has 2 N–H and O–H groups in total. The molecule has 0 saturated carbocycles. The lowest BCUT2D eigenvalue weighted by molar-refractivity contribution is -0.137. The van der Waals surface area contributed by atoms with E-state index in [0.29, 0.717) is 17.9 Å². The van der Waals surface area contributed by atoms with Crippen LogP contribution in [-0.2, 0) is 17.9 Å². The number of rotatable bonds is 6. The van der Waals surface area contributed by atoms with Gasteiger partial charge < -0.3 is 10.4 Å². The van der Waals surface area contributed by atoms with Gasteiger partial charge in [-0.2, -0.15) is 0 Å². The molecule has 25 heavy (non-hydrogen) atoms. The molecule has 0 spiro atoms. The molecule has 1 heterocycles. The summed E-state index contributed by atoms with van der Waals surface area (Å²) in [5.74, 6) is -0.764. The highest BCUT2D eigenvalue weighted by Crippen LogP contribution is 2.16. The standard InChI is InChI=1S/C19H17N3O3/c23-17(24)13-22-18(15-9-5-2-6-10-15)21-12-16(19(22)25)20-11-14-7-3-1-4-8-14/h1-10,12,20H,11,13H2,(H,23,24). The third-order valence-electron chi connectivity index (χ3n) is 3.70. The summed E-state index contributed by atoms with van der Waals surface area (Å²) in [6.07, 6.45) is 1.45. The fourth-order valence-electron chi connectivity index (χ4n) is 2.51. The molecule has 126 valence electrons. The Bertz CT molecular complexity index is 922.